The van der Waals surface area contributed by atoms with E-state index in [0.29, 0.717) is 29.6 Å². The number of hydrogen-bond donors (Lipinski definition) is 2. The first-order valence-electron chi connectivity index (χ1n) is 10.1. The van der Waals surface area contributed by atoms with Crippen LogP contribution in [0.3, 0.4) is 0 Å². The number of fused-ring (bicyclic) bond motifs is 2. The van der Waals surface area contributed by atoms with Crippen LogP contribution in [0.4, 0.5) is 0 Å². The Kier molecular flexibility index (Phi) is 5.74. The van der Waals surface area contributed by atoms with Gasteiger partial charge in [0.25, 0.3) is 15.9 Å². The van der Waals surface area contributed by atoms with E-state index in [-0.39, 0.29) is 16.6 Å². The van der Waals surface area contributed by atoms with Crippen LogP contribution in [0.25, 0.3) is 11.2 Å². The number of Topliss-reactive ketones (excluding diaryl/α,β-unsaturated/α-hetero) is 1. The van der Waals surface area contributed by atoms with Crippen LogP contribution < -0.4 is 10.0 Å². The molecule has 1 aromatic carbocycles. The van der Waals surface area contributed by atoms with Gasteiger partial charge < -0.3 is 9.73 Å². The van der Waals surface area contributed by atoms with E-state index in [0.717, 1.165) is 0 Å². The van der Waals surface area contributed by atoms with Crippen molar-refractivity contribution in [2.45, 2.75) is 43.7 Å². The molecule has 2 N–H and O–H groups in total. The highest BCUT2D eigenvalue weighted by Crippen LogP contribution is 2.23. The monoisotopic (exact) mass is 455 g/mol. The highest BCUT2D eigenvalue weighted by atomic mass is 32.2. The van der Waals surface area contributed by atoms with Crippen LogP contribution in [0.2, 0.25) is 0 Å². The molecule has 1 aliphatic heterocycles. The number of pyridine rings is 1. The van der Waals surface area contributed by atoms with E-state index in [1.165, 1.54) is 6.07 Å². The molecule has 3 heterocycles. The molecule has 4 rings (SSSR count). The lowest BCUT2D eigenvalue weighted by Crippen LogP contribution is -2.45. The molecule has 2 aromatic heterocycles. The number of carbonyl (C=O) groups excluding carboxylic acids is 2. The standard InChI is InChI=1S/C21H21N5O5S/c1-3-13(17(27)21-25-19-15(31-21)9-7-11-22-19)24-20(28)14(4-2)23-18-12-8-5-6-10-16(12)32(29,30)26-18/h5-11,13-14H,3-4H2,1-2H3,(H,23,26)(H,24,28)/t13-,14-/m0/s1. The Labute approximate surface area is 184 Å². The Morgan fingerprint density at radius 2 is 1.94 bits per heavy atom. The molecule has 1 aliphatic rings. The van der Waals surface area contributed by atoms with Crippen molar-refractivity contribution in [3.8, 4) is 0 Å². The van der Waals surface area contributed by atoms with Crippen molar-refractivity contribution in [2.75, 3.05) is 0 Å². The fraction of sp³-hybridized carbons (Fsp3) is 0.286. The first kappa shape index (κ1) is 21.6. The van der Waals surface area contributed by atoms with Crippen molar-refractivity contribution >= 4 is 38.8 Å². The number of benzene rings is 1. The summed E-state index contributed by atoms with van der Waals surface area (Å²) in [6.45, 7) is 3.50. The molecule has 0 spiro atoms. The van der Waals surface area contributed by atoms with Crippen molar-refractivity contribution in [3.63, 3.8) is 0 Å². The van der Waals surface area contributed by atoms with Gasteiger partial charge in [0.15, 0.2) is 11.2 Å². The van der Waals surface area contributed by atoms with E-state index in [1.54, 1.807) is 50.4 Å². The van der Waals surface area contributed by atoms with Gasteiger partial charge in [-0.3, -0.25) is 19.3 Å². The van der Waals surface area contributed by atoms with Gasteiger partial charge in [0.05, 0.1) is 10.9 Å². The van der Waals surface area contributed by atoms with Crippen molar-refractivity contribution in [1.29, 1.82) is 0 Å². The van der Waals surface area contributed by atoms with Crippen molar-refractivity contribution in [3.05, 3.63) is 54.0 Å². The summed E-state index contributed by atoms with van der Waals surface area (Å²) in [7, 11) is -3.72. The first-order chi connectivity index (χ1) is 15.3. The Bertz CT molecular complexity index is 1300. The summed E-state index contributed by atoms with van der Waals surface area (Å²) in [4.78, 5) is 38.3. The number of nitrogens with one attached hydrogen (secondary N) is 2. The first-order valence-corrected chi connectivity index (χ1v) is 11.6. The number of hydrogen-bond acceptors (Lipinski definition) is 8. The predicted molar refractivity (Wildman–Crippen MR) is 116 cm³/mol. The number of carbonyl (C=O) groups is 2. The quantitative estimate of drug-likeness (QED) is 0.517. The molecule has 0 saturated carbocycles. The molecule has 32 heavy (non-hydrogen) atoms. The number of aliphatic imine (C=N–C) groups is 1. The largest absolute Gasteiger partial charge is 0.432 e. The van der Waals surface area contributed by atoms with E-state index < -0.39 is 33.8 Å². The second-order valence-electron chi connectivity index (χ2n) is 7.18. The van der Waals surface area contributed by atoms with Gasteiger partial charge in [0.2, 0.25) is 11.7 Å². The number of sulfonamides is 1. The van der Waals surface area contributed by atoms with Crippen LogP contribution in [0, 0.1) is 0 Å². The summed E-state index contributed by atoms with van der Waals surface area (Å²) in [5.41, 5.74) is 1.09. The van der Waals surface area contributed by atoms with E-state index in [1.807, 2.05) is 0 Å². The summed E-state index contributed by atoms with van der Waals surface area (Å²) >= 11 is 0. The van der Waals surface area contributed by atoms with E-state index >= 15 is 0 Å². The lowest BCUT2D eigenvalue weighted by Gasteiger charge is -2.17. The zero-order chi connectivity index (χ0) is 22.9. The average molecular weight is 455 g/mol. The smallest absolute Gasteiger partial charge is 0.268 e. The summed E-state index contributed by atoms with van der Waals surface area (Å²) < 4.78 is 32.4. The molecule has 11 heteroatoms. The number of amidine groups is 1. The number of nitrogens with zero attached hydrogens (tertiary/aromatic N) is 3. The maximum absolute atomic E-state index is 12.9. The van der Waals surface area contributed by atoms with Gasteiger partial charge in [0, 0.05) is 11.8 Å². The summed E-state index contributed by atoms with van der Waals surface area (Å²) in [5.74, 6) is -1.01. The van der Waals surface area contributed by atoms with E-state index in [9.17, 15) is 18.0 Å². The minimum Gasteiger partial charge on any atom is -0.432 e. The molecular formula is C21H21N5O5S. The highest BCUT2D eigenvalue weighted by Gasteiger charge is 2.32. The lowest BCUT2D eigenvalue weighted by atomic mass is 10.1. The molecule has 0 radical (unpaired) electrons. The van der Waals surface area contributed by atoms with Crippen molar-refractivity contribution in [1.82, 2.24) is 20.0 Å². The Hall–Kier alpha value is -3.60. The van der Waals surface area contributed by atoms with Gasteiger partial charge in [-0.2, -0.15) is 4.98 Å². The second kappa shape index (κ2) is 8.50. The average Bonchev–Trinajstić information content (AvgIpc) is 3.34. The predicted octanol–water partition coefficient (Wildman–Crippen LogP) is 1.82. The molecule has 166 valence electrons. The minimum absolute atomic E-state index is 0.104. The maximum Gasteiger partial charge on any atom is 0.268 e. The number of rotatable bonds is 7. The molecule has 1 amide bonds. The van der Waals surface area contributed by atoms with Crippen molar-refractivity contribution < 1.29 is 22.4 Å². The number of aromatic nitrogens is 2. The molecular weight excluding hydrogens is 434 g/mol. The van der Waals surface area contributed by atoms with Crippen LogP contribution in [0.5, 0.6) is 0 Å². The van der Waals surface area contributed by atoms with Gasteiger partial charge in [-0.1, -0.05) is 26.0 Å². The Morgan fingerprint density at radius 3 is 2.66 bits per heavy atom. The van der Waals surface area contributed by atoms with Crippen LogP contribution in [0.15, 0.2) is 56.9 Å². The second-order valence-corrected chi connectivity index (χ2v) is 8.83. The molecule has 0 bridgehead atoms. The molecule has 0 saturated heterocycles. The van der Waals surface area contributed by atoms with Gasteiger partial charge in [0.1, 0.15) is 11.9 Å². The normalized spacial score (nSPS) is 17.5. The third-order valence-electron chi connectivity index (χ3n) is 5.05. The third-order valence-corrected chi connectivity index (χ3v) is 6.45. The lowest BCUT2D eigenvalue weighted by molar-refractivity contribution is -0.122. The summed E-state index contributed by atoms with van der Waals surface area (Å²) in [6, 6.07) is 7.95. The number of oxazole rings is 1. The topological polar surface area (TPSA) is 144 Å². The van der Waals surface area contributed by atoms with Gasteiger partial charge in [-0.25, -0.2) is 13.4 Å². The summed E-state index contributed by atoms with van der Waals surface area (Å²) in [6.07, 6.45) is 2.15. The number of ketones is 1. The Balaban J connectivity index is 1.54. The van der Waals surface area contributed by atoms with Gasteiger partial charge in [-0.05, 0) is 37.1 Å². The molecule has 10 nitrogen and oxygen atoms in total. The molecule has 2 atom stereocenters. The summed E-state index contributed by atoms with van der Waals surface area (Å²) in [5, 5.41) is 2.69. The zero-order valence-corrected chi connectivity index (χ0v) is 18.2. The SMILES string of the molecule is CC[C@H](N=C1NS(=O)(=O)c2ccccc21)C(=O)N[C@@H](CC)C(=O)c1nc2ncccc2o1. The third kappa shape index (κ3) is 3.98. The molecule has 0 fully saturated rings. The zero-order valence-electron chi connectivity index (χ0n) is 17.4. The van der Waals surface area contributed by atoms with Crippen molar-refractivity contribution in [2.24, 2.45) is 4.99 Å². The molecule has 0 aliphatic carbocycles. The fourth-order valence-corrected chi connectivity index (χ4v) is 4.60. The minimum atomic E-state index is -3.72. The van der Waals surface area contributed by atoms with Crippen LogP contribution in [-0.2, 0) is 14.8 Å². The Morgan fingerprint density at radius 1 is 1.16 bits per heavy atom. The van der Waals surface area contributed by atoms with Crippen LogP contribution >= 0.6 is 0 Å². The van der Waals surface area contributed by atoms with Gasteiger partial charge >= 0.3 is 0 Å². The van der Waals surface area contributed by atoms with Crippen LogP contribution in [-0.4, -0.2) is 48.0 Å². The molecule has 0 unspecified atom stereocenters. The van der Waals surface area contributed by atoms with Gasteiger partial charge in [-0.15, -0.1) is 0 Å². The van der Waals surface area contributed by atoms with E-state index in [4.69, 9.17) is 4.42 Å². The van der Waals surface area contributed by atoms with E-state index in [2.05, 4.69) is 25.0 Å². The fourth-order valence-electron chi connectivity index (χ4n) is 3.37. The van der Waals surface area contributed by atoms with Crippen LogP contribution in [0.1, 0.15) is 42.9 Å². The number of amides is 1. The maximum atomic E-state index is 12.9. The highest BCUT2D eigenvalue weighted by molar-refractivity contribution is 7.90. The molecule has 3 aromatic rings.